The summed E-state index contributed by atoms with van der Waals surface area (Å²) in [5, 5.41) is 2.84. The molecule has 8 heteroatoms. The maximum atomic E-state index is 13.9. The molecule has 0 unspecified atom stereocenters. The van der Waals surface area contributed by atoms with Gasteiger partial charge in [0.15, 0.2) is 11.6 Å². The number of carbonyl (C=O) groups is 1. The van der Waals surface area contributed by atoms with Crippen molar-refractivity contribution in [3.8, 4) is 5.75 Å². The van der Waals surface area contributed by atoms with E-state index >= 15 is 0 Å². The summed E-state index contributed by atoms with van der Waals surface area (Å²) in [6.45, 7) is 3.60. The Morgan fingerprint density at radius 3 is 2.61 bits per heavy atom. The Kier molecular flexibility index (Phi) is 5.34. The van der Waals surface area contributed by atoms with Crippen molar-refractivity contribution < 1.29 is 22.3 Å². The fourth-order valence-corrected chi connectivity index (χ4v) is 4.83. The zero-order valence-electron chi connectivity index (χ0n) is 16.2. The van der Waals surface area contributed by atoms with Crippen LogP contribution < -0.4 is 14.4 Å². The van der Waals surface area contributed by atoms with Gasteiger partial charge < -0.3 is 10.1 Å². The van der Waals surface area contributed by atoms with Crippen molar-refractivity contribution in [2.45, 2.75) is 32.4 Å². The molecule has 2 aromatic rings. The number of fused-ring (bicyclic) bond motifs is 1. The lowest BCUT2D eigenvalue weighted by molar-refractivity contribution is 0.0939. The minimum atomic E-state index is -3.38. The van der Waals surface area contributed by atoms with Crippen LogP contribution in [0.2, 0.25) is 0 Å². The lowest BCUT2D eigenvalue weighted by Gasteiger charge is -2.22. The number of methoxy groups -OCH3 is 1. The van der Waals surface area contributed by atoms with Crippen LogP contribution in [0.3, 0.4) is 0 Å². The zero-order valence-corrected chi connectivity index (χ0v) is 17.0. The van der Waals surface area contributed by atoms with Gasteiger partial charge in [-0.25, -0.2) is 12.8 Å². The summed E-state index contributed by atoms with van der Waals surface area (Å²) in [6.07, 6.45) is 1.72. The summed E-state index contributed by atoms with van der Waals surface area (Å²) in [6, 6.07) is 8.92. The number of hydrogen-bond donors (Lipinski definition) is 1. The van der Waals surface area contributed by atoms with Crippen LogP contribution >= 0.6 is 0 Å². The van der Waals surface area contributed by atoms with E-state index < -0.39 is 21.9 Å². The predicted octanol–water partition coefficient (Wildman–Crippen LogP) is 3.04. The minimum absolute atomic E-state index is 0.144. The van der Waals surface area contributed by atoms with E-state index in [1.54, 1.807) is 31.2 Å². The highest BCUT2D eigenvalue weighted by atomic mass is 32.2. The second kappa shape index (κ2) is 7.43. The number of rotatable bonds is 5. The third-order valence-electron chi connectivity index (χ3n) is 4.88. The Morgan fingerprint density at radius 1 is 1.29 bits per heavy atom. The van der Waals surface area contributed by atoms with Gasteiger partial charge in [0, 0.05) is 11.6 Å². The van der Waals surface area contributed by atoms with Gasteiger partial charge in [0.05, 0.1) is 25.1 Å². The van der Waals surface area contributed by atoms with Crippen LogP contribution in [0.1, 0.15) is 41.4 Å². The summed E-state index contributed by atoms with van der Waals surface area (Å²) in [5.41, 5.74) is 2.47. The van der Waals surface area contributed by atoms with E-state index in [0.717, 1.165) is 5.56 Å². The summed E-state index contributed by atoms with van der Waals surface area (Å²) in [4.78, 5) is 12.6. The molecule has 2 atom stereocenters. The van der Waals surface area contributed by atoms with Gasteiger partial charge in [0.2, 0.25) is 10.0 Å². The zero-order chi connectivity index (χ0) is 20.6. The molecule has 0 saturated heterocycles. The van der Waals surface area contributed by atoms with Crippen molar-refractivity contribution in [3.63, 3.8) is 0 Å². The smallest absolute Gasteiger partial charge is 0.251 e. The average Bonchev–Trinajstić information content (AvgIpc) is 2.96. The Balaban J connectivity index is 1.79. The lowest BCUT2D eigenvalue weighted by Crippen LogP contribution is -2.34. The van der Waals surface area contributed by atoms with E-state index in [1.165, 1.54) is 29.8 Å². The van der Waals surface area contributed by atoms with Crippen molar-refractivity contribution in [2.75, 3.05) is 17.7 Å². The molecule has 150 valence electrons. The third kappa shape index (κ3) is 3.82. The predicted molar refractivity (Wildman–Crippen MR) is 106 cm³/mol. The molecule has 0 radical (unpaired) electrons. The first-order chi connectivity index (χ1) is 13.1. The molecule has 3 rings (SSSR count). The Hall–Kier alpha value is -2.61. The number of sulfonamides is 1. The van der Waals surface area contributed by atoms with Crippen LogP contribution in [-0.2, 0) is 16.4 Å². The monoisotopic (exact) mass is 406 g/mol. The molecule has 1 heterocycles. The van der Waals surface area contributed by atoms with E-state index in [1.807, 2.05) is 6.92 Å². The van der Waals surface area contributed by atoms with Gasteiger partial charge >= 0.3 is 0 Å². The molecule has 6 nitrogen and oxygen atoms in total. The number of nitrogens with zero attached hydrogens (tertiary/aromatic N) is 1. The maximum Gasteiger partial charge on any atom is 0.251 e. The fraction of sp³-hybridized carbons (Fsp3) is 0.350. The molecular weight excluding hydrogens is 383 g/mol. The van der Waals surface area contributed by atoms with Crippen LogP contribution in [0, 0.1) is 5.82 Å². The number of amides is 1. The molecule has 28 heavy (non-hydrogen) atoms. The Bertz CT molecular complexity index is 1020. The van der Waals surface area contributed by atoms with Gasteiger partial charge in [-0.1, -0.05) is 6.07 Å². The summed E-state index contributed by atoms with van der Waals surface area (Å²) in [5.74, 6) is -0.657. The van der Waals surface area contributed by atoms with E-state index in [9.17, 15) is 17.6 Å². The Morgan fingerprint density at radius 2 is 2.00 bits per heavy atom. The van der Waals surface area contributed by atoms with Crippen LogP contribution in [0.4, 0.5) is 10.1 Å². The van der Waals surface area contributed by atoms with Crippen LogP contribution in [-0.4, -0.2) is 33.7 Å². The number of carbonyl (C=O) groups excluding carboxylic acids is 1. The highest BCUT2D eigenvalue weighted by Gasteiger charge is 2.32. The molecule has 0 bridgehead atoms. The SMILES string of the molecule is COc1ccc([C@@H](C)NC(=O)c2ccc3c(c2)C[C@@H](C)N3S(C)(=O)=O)cc1F. The molecule has 1 N–H and O–H groups in total. The Labute approximate surface area is 164 Å². The molecule has 0 aliphatic carbocycles. The number of nitrogens with one attached hydrogen (secondary N) is 1. The van der Waals surface area contributed by atoms with Crippen LogP contribution in [0.15, 0.2) is 36.4 Å². The number of benzene rings is 2. The van der Waals surface area contributed by atoms with Crippen molar-refractivity contribution in [3.05, 3.63) is 58.9 Å². The number of ether oxygens (including phenoxy) is 1. The van der Waals surface area contributed by atoms with E-state index in [-0.39, 0.29) is 17.7 Å². The van der Waals surface area contributed by atoms with E-state index in [0.29, 0.717) is 23.2 Å². The average molecular weight is 406 g/mol. The molecule has 0 spiro atoms. The molecule has 1 amide bonds. The molecule has 0 fully saturated rings. The standard InChI is InChI=1S/C20H23FN2O4S/c1-12-9-16-10-15(5-7-18(16)23(12)28(4,25)26)20(24)22-13(2)14-6-8-19(27-3)17(21)11-14/h5-8,10-13H,9H2,1-4H3,(H,22,24)/t12-,13-/m1/s1. The molecule has 2 aromatic carbocycles. The molecule has 1 aliphatic heterocycles. The summed E-state index contributed by atoms with van der Waals surface area (Å²) in [7, 11) is -1.98. The first kappa shape index (κ1) is 20.1. The fourth-order valence-electron chi connectivity index (χ4n) is 3.56. The molecule has 1 aliphatic rings. The quantitative estimate of drug-likeness (QED) is 0.828. The third-order valence-corrected chi connectivity index (χ3v) is 6.15. The van der Waals surface area contributed by atoms with Crippen molar-refractivity contribution >= 4 is 21.6 Å². The van der Waals surface area contributed by atoms with Gasteiger partial charge in [0.1, 0.15) is 0 Å². The van der Waals surface area contributed by atoms with Crippen LogP contribution in [0.5, 0.6) is 5.75 Å². The van der Waals surface area contributed by atoms with Crippen LogP contribution in [0.25, 0.3) is 0 Å². The van der Waals surface area contributed by atoms with E-state index in [2.05, 4.69) is 5.32 Å². The summed E-state index contributed by atoms with van der Waals surface area (Å²) >= 11 is 0. The normalized spacial score (nSPS) is 17.2. The highest BCUT2D eigenvalue weighted by molar-refractivity contribution is 7.92. The molecular formula is C20H23FN2O4S. The number of hydrogen-bond acceptors (Lipinski definition) is 4. The van der Waals surface area contributed by atoms with Crippen molar-refractivity contribution in [1.82, 2.24) is 5.32 Å². The van der Waals surface area contributed by atoms with Gasteiger partial charge in [-0.15, -0.1) is 0 Å². The highest BCUT2D eigenvalue weighted by Crippen LogP contribution is 2.34. The topological polar surface area (TPSA) is 75.7 Å². The molecule has 0 saturated carbocycles. The van der Waals surface area contributed by atoms with Gasteiger partial charge in [-0.2, -0.15) is 0 Å². The lowest BCUT2D eigenvalue weighted by atomic mass is 10.0. The number of anilines is 1. The first-order valence-corrected chi connectivity index (χ1v) is 10.7. The van der Waals surface area contributed by atoms with Crippen molar-refractivity contribution in [1.29, 1.82) is 0 Å². The first-order valence-electron chi connectivity index (χ1n) is 8.88. The largest absolute Gasteiger partial charge is 0.494 e. The second-order valence-corrected chi connectivity index (χ2v) is 8.90. The van der Waals surface area contributed by atoms with E-state index in [4.69, 9.17) is 4.74 Å². The number of halogens is 1. The molecule has 0 aromatic heterocycles. The maximum absolute atomic E-state index is 13.9. The van der Waals surface area contributed by atoms with Crippen molar-refractivity contribution in [2.24, 2.45) is 0 Å². The van der Waals surface area contributed by atoms with Gasteiger partial charge in [0.25, 0.3) is 5.91 Å². The second-order valence-electron chi connectivity index (χ2n) is 7.04. The minimum Gasteiger partial charge on any atom is -0.494 e. The summed E-state index contributed by atoms with van der Waals surface area (Å²) < 4.78 is 44.2. The van der Waals surface area contributed by atoms with Gasteiger partial charge in [-0.05, 0) is 61.7 Å². The van der Waals surface area contributed by atoms with Gasteiger partial charge in [-0.3, -0.25) is 9.10 Å².